The highest BCUT2D eigenvalue weighted by molar-refractivity contribution is 5.84. The van der Waals surface area contributed by atoms with Crippen molar-refractivity contribution < 1.29 is 13.9 Å². The monoisotopic (exact) mass is 226 g/mol. The fraction of sp³-hybridized carbons (Fsp3) is 0.364. The maximum atomic E-state index is 12.9. The molecule has 0 spiro atoms. The van der Waals surface area contributed by atoms with Gasteiger partial charge in [-0.25, -0.2) is 4.39 Å². The lowest BCUT2D eigenvalue weighted by molar-refractivity contribution is -0.123. The molecule has 4 N–H and O–H groups in total. The van der Waals surface area contributed by atoms with E-state index in [9.17, 15) is 9.18 Å². The molecule has 4 nitrogen and oxygen atoms in total. The highest BCUT2D eigenvalue weighted by atomic mass is 19.1. The molecule has 1 amide bonds. The molecule has 1 aromatic carbocycles. The molecule has 1 aromatic rings. The van der Waals surface area contributed by atoms with E-state index in [1.807, 2.05) is 0 Å². The zero-order chi connectivity index (χ0) is 12.3. The van der Waals surface area contributed by atoms with Gasteiger partial charge in [-0.15, -0.1) is 0 Å². The first kappa shape index (κ1) is 12.4. The van der Waals surface area contributed by atoms with E-state index in [-0.39, 0.29) is 6.61 Å². The van der Waals surface area contributed by atoms with Gasteiger partial charge in [0.1, 0.15) is 23.7 Å². The summed E-state index contributed by atoms with van der Waals surface area (Å²) >= 11 is 0. The molecular weight excluding hydrogens is 211 g/mol. The van der Waals surface area contributed by atoms with Crippen molar-refractivity contribution in [1.29, 1.82) is 0 Å². The standard InChI is InChI=1S/C11H15FN2O2/c1-7-3-4-8(12)5-9(7)16-6-11(2,14)10(13)15/h3-5H,6,14H2,1-2H3,(H2,13,15). The van der Waals surface area contributed by atoms with Gasteiger partial charge in [0.05, 0.1) is 0 Å². The van der Waals surface area contributed by atoms with Crippen molar-refractivity contribution in [1.82, 2.24) is 0 Å². The van der Waals surface area contributed by atoms with E-state index < -0.39 is 17.3 Å². The minimum Gasteiger partial charge on any atom is -0.491 e. The van der Waals surface area contributed by atoms with Gasteiger partial charge in [-0.3, -0.25) is 4.79 Å². The molecule has 0 aliphatic carbocycles. The van der Waals surface area contributed by atoms with Crippen LogP contribution in [0.1, 0.15) is 12.5 Å². The first-order valence-corrected chi connectivity index (χ1v) is 4.80. The fourth-order valence-electron chi connectivity index (χ4n) is 1.03. The first-order chi connectivity index (χ1) is 7.33. The molecule has 0 aliphatic rings. The van der Waals surface area contributed by atoms with Crippen LogP contribution in [-0.4, -0.2) is 18.1 Å². The van der Waals surface area contributed by atoms with Crippen molar-refractivity contribution in [3.05, 3.63) is 29.6 Å². The number of benzene rings is 1. The predicted molar refractivity (Wildman–Crippen MR) is 58.4 cm³/mol. The molecular formula is C11H15FN2O2. The summed E-state index contributed by atoms with van der Waals surface area (Å²) in [7, 11) is 0. The van der Waals surface area contributed by atoms with E-state index in [0.29, 0.717) is 5.75 Å². The minimum absolute atomic E-state index is 0.0906. The summed E-state index contributed by atoms with van der Waals surface area (Å²) in [5, 5.41) is 0. The van der Waals surface area contributed by atoms with Gasteiger partial charge >= 0.3 is 0 Å². The summed E-state index contributed by atoms with van der Waals surface area (Å²) in [6.07, 6.45) is 0. The second-order valence-electron chi connectivity index (χ2n) is 3.98. The lowest BCUT2D eigenvalue weighted by Crippen LogP contribution is -2.53. The van der Waals surface area contributed by atoms with Gasteiger partial charge in [0.25, 0.3) is 0 Å². The molecule has 0 saturated heterocycles. The molecule has 0 fully saturated rings. The molecule has 5 heteroatoms. The fourth-order valence-corrected chi connectivity index (χ4v) is 1.03. The summed E-state index contributed by atoms with van der Waals surface area (Å²) < 4.78 is 18.2. The Morgan fingerprint density at radius 1 is 1.56 bits per heavy atom. The van der Waals surface area contributed by atoms with E-state index in [2.05, 4.69) is 0 Å². The molecule has 16 heavy (non-hydrogen) atoms. The number of rotatable bonds is 4. The lowest BCUT2D eigenvalue weighted by atomic mass is 10.1. The molecule has 0 aliphatic heterocycles. The molecule has 0 aromatic heterocycles. The third-order valence-corrected chi connectivity index (χ3v) is 2.24. The number of carbonyl (C=O) groups is 1. The second-order valence-corrected chi connectivity index (χ2v) is 3.98. The number of hydrogen-bond donors (Lipinski definition) is 2. The van der Waals surface area contributed by atoms with Crippen LogP contribution in [0.4, 0.5) is 4.39 Å². The Hall–Kier alpha value is -1.62. The number of hydrogen-bond acceptors (Lipinski definition) is 3. The van der Waals surface area contributed by atoms with Crippen LogP contribution < -0.4 is 16.2 Å². The largest absolute Gasteiger partial charge is 0.491 e. The Morgan fingerprint density at radius 3 is 2.75 bits per heavy atom. The van der Waals surface area contributed by atoms with E-state index >= 15 is 0 Å². The van der Waals surface area contributed by atoms with Crippen molar-refractivity contribution in [2.45, 2.75) is 19.4 Å². The highest BCUT2D eigenvalue weighted by Crippen LogP contribution is 2.19. The minimum atomic E-state index is -1.27. The molecule has 0 saturated carbocycles. The lowest BCUT2D eigenvalue weighted by Gasteiger charge is -2.21. The zero-order valence-electron chi connectivity index (χ0n) is 9.29. The summed E-state index contributed by atoms with van der Waals surface area (Å²) in [6, 6.07) is 4.16. The van der Waals surface area contributed by atoms with Gasteiger partial charge in [0.15, 0.2) is 0 Å². The van der Waals surface area contributed by atoms with Crippen LogP contribution in [0.3, 0.4) is 0 Å². The predicted octanol–water partition coefficient (Wildman–Crippen LogP) is 0.716. The molecule has 0 heterocycles. The van der Waals surface area contributed by atoms with Crippen molar-refractivity contribution in [3.63, 3.8) is 0 Å². The maximum Gasteiger partial charge on any atom is 0.240 e. The maximum absolute atomic E-state index is 12.9. The Morgan fingerprint density at radius 2 is 2.19 bits per heavy atom. The van der Waals surface area contributed by atoms with E-state index in [0.717, 1.165) is 5.56 Å². The summed E-state index contributed by atoms with van der Waals surface area (Å²) in [6.45, 7) is 3.14. The van der Waals surface area contributed by atoms with Crippen LogP contribution in [0.25, 0.3) is 0 Å². The first-order valence-electron chi connectivity index (χ1n) is 4.80. The molecule has 1 atom stereocenters. The number of primary amides is 1. The van der Waals surface area contributed by atoms with Gasteiger partial charge in [-0.2, -0.15) is 0 Å². The summed E-state index contributed by atoms with van der Waals surface area (Å²) in [4.78, 5) is 10.9. The van der Waals surface area contributed by atoms with Crippen LogP contribution in [0, 0.1) is 12.7 Å². The van der Waals surface area contributed by atoms with Crippen molar-refractivity contribution in [2.75, 3.05) is 6.61 Å². The number of nitrogens with two attached hydrogens (primary N) is 2. The Balaban J connectivity index is 2.75. The van der Waals surface area contributed by atoms with Gasteiger partial charge in [-0.1, -0.05) is 6.07 Å². The summed E-state index contributed by atoms with van der Waals surface area (Å²) in [5.74, 6) is -0.710. The van der Waals surface area contributed by atoms with Crippen LogP contribution in [0.2, 0.25) is 0 Å². The van der Waals surface area contributed by atoms with Crippen LogP contribution in [0.5, 0.6) is 5.75 Å². The van der Waals surface area contributed by atoms with Crippen LogP contribution in [0.15, 0.2) is 18.2 Å². The number of halogens is 1. The highest BCUT2D eigenvalue weighted by Gasteiger charge is 2.26. The Kier molecular flexibility index (Phi) is 3.49. The van der Waals surface area contributed by atoms with Gasteiger partial charge < -0.3 is 16.2 Å². The molecule has 0 bridgehead atoms. The van der Waals surface area contributed by atoms with Crippen LogP contribution >= 0.6 is 0 Å². The van der Waals surface area contributed by atoms with Gasteiger partial charge in [0, 0.05) is 6.07 Å². The third-order valence-electron chi connectivity index (χ3n) is 2.24. The Bertz CT molecular complexity index is 405. The molecule has 1 rings (SSSR count). The molecule has 1 unspecified atom stereocenters. The number of carbonyl (C=O) groups excluding carboxylic acids is 1. The zero-order valence-corrected chi connectivity index (χ0v) is 9.29. The normalized spacial score (nSPS) is 14.2. The van der Waals surface area contributed by atoms with Crippen molar-refractivity contribution >= 4 is 5.91 Å². The van der Waals surface area contributed by atoms with E-state index in [1.54, 1.807) is 13.0 Å². The van der Waals surface area contributed by atoms with Crippen molar-refractivity contribution in [3.8, 4) is 5.75 Å². The van der Waals surface area contributed by atoms with Crippen molar-refractivity contribution in [2.24, 2.45) is 11.5 Å². The topological polar surface area (TPSA) is 78.3 Å². The number of ether oxygens (including phenoxy) is 1. The number of amides is 1. The average Bonchev–Trinajstić information content (AvgIpc) is 2.19. The Labute approximate surface area is 93.4 Å². The van der Waals surface area contributed by atoms with E-state index in [1.165, 1.54) is 19.1 Å². The van der Waals surface area contributed by atoms with E-state index in [4.69, 9.17) is 16.2 Å². The van der Waals surface area contributed by atoms with Gasteiger partial charge in [0.2, 0.25) is 5.91 Å². The number of aryl methyl sites for hydroxylation is 1. The van der Waals surface area contributed by atoms with Gasteiger partial charge in [-0.05, 0) is 25.5 Å². The quantitative estimate of drug-likeness (QED) is 0.793. The third kappa shape index (κ3) is 2.93. The molecule has 0 radical (unpaired) electrons. The van der Waals surface area contributed by atoms with Crippen LogP contribution in [-0.2, 0) is 4.79 Å². The molecule has 88 valence electrons. The second kappa shape index (κ2) is 4.49. The summed E-state index contributed by atoms with van der Waals surface area (Å²) in [5.41, 5.74) is 10.2. The SMILES string of the molecule is Cc1ccc(F)cc1OCC(C)(N)C(N)=O. The average molecular weight is 226 g/mol. The smallest absolute Gasteiger partial charge is 0.240 e.